The normalized spacial score (nSPS) is 17.9. The van der Waals surface area contributed by atoms with Gasteiger partial charge in [-0.1, -0.05) is 24.3 Å². The Morgan fingerprint density at radius 3 is 2.32 bits per heavy atom. The van der Waals surface area contributed by atoms with Crippen molar-refractivity contribution in [3.8, 4) is 22.5 Å². The van der Waals surface area contributed by atoms with E-state index in [1.165, 1.54) is 0 Å². The Balaban J connectivity index is 1.18. The number of nitrogens with one attached hydrogen (secondary N) is 1. The molecule has 6 rings (SSSR count). The lowest BCUT2D eigenvalue weighted by atomic mass is 10.0. The molecule has 4 aromatic rings. The molecule has 0 unspecified atom stereocenters. The smallest absolute Gasteiger partial charge is 0.342 e. The minimum Gasteiger partial charge on any atom is -0.342 e. The fraction of sp³-hybridized carbons (Fsp3) is 0.308. The highest BCUT2D eigenvalue weighted by Gasteiger charge is 2.36. The monoisotopic (exact) mass is 454 g/mol. The Kier molecular flexibility index (Phi) is 5.13. The highest BCUT2D eigenvalue weighted by molar-refractivity contribution is 5.81. The van der Waals surface area contributed by atoms with Gasteiger partial charge in [-0.15, -0.1) is 0 Å². The summed E-state index contributed by atoms with van der Waals surface area (Å²) in [5.41, 5.74) is 3.71. The molecule has 2 aromatic carbocycles. The number of likely N-dealkylation sites (tertiary alicyclic amines) is 1. The molecule has 1 aliphatic heterocycles. The number of carbonyl (C=O) groups is 1. The number of aromatic nitrogens is 5. The van der Waals surface area contributed by atoms with E-state index >= 15 is 0 Å². The third-order valence-corrected chi connectivity index (χ3v) is 6.83. The molecule has 1 N–H and O–H groups in total. The van der Waals surface area contributed by atoms with Crippen molar-refractivity contribution in [3.05, 3.63) is 83.3 Å². The van der Waals surface area contributed by atoms with E-state index in [-0.39, 0.29) is 11.6 Å². The molecule has 1 saturated carbocycles. The van der Waals surface area contributed by atoms with E-state index in [1.54, 1.807) is 10.8 Å². The SMILES string of the molecule is O=C(C1CC1)N1CC[C@@H](Cc2n[nH]c(=O)n2-c2ccc(-c3ccc(-n4cccn4)cc3)cc2)C1. The standard InChI is InChI=1S/C26H26N6O2/c33-25(21-2-3-21)30-15-12-18(17-30)16-24-28-29-26(34)32(24)23-10-6-20(7-11-23)19-4-8-22(9-5-19)31-14-1-13-27-31/h1,4-11,13-14,18,21H,2-3,12,15-17H2,(H,29,34)/t18-/m0/s1. The van der Waals surface area contributed by atoms with Crippen molar-refractivity contribution in [2.24, 2.45) is 11.8 Å². The van der Waals surface area contributed by atoms with Crippen molar-refractivity contribution < 1.29 is 4.79 Å². The molecule has 1 aliphatic carbocycles. The van der Waals surface area contributed by atoms with Crippen LogP contribution in [-0.4, -0.2) is 48.4 Å². The summed E-state index contributed by atoms with van der Waals surface area (Å²) in [5, 5.41) is 11.2. The summed E-state index contributed by atoms with van der Waals surface area (Å²) in [6, 6.07) is 18.0. The van der Waals surface area contributed by atoms with Crippen molar-refractivity contribution in [1.82, 2.24) is 29.4 Å². The van der Waals surface area contributed by atoms with Gasteiger partial charge in [0.2, 0.25) is 5.91 Å². The van der Waals surface area contributed by atoms with E-state index < -0.39 is 0 Å². The summed E-state index contributed by atoms with van der Waals surface area (Å²) in [7, 11) is 0. The molecule has 3 heterocycles. The van der Waals surface area contributed by atoms with Crippen LogP contribution in [0, 0.1) is 11.8 Å². The van der Waals surface area contributed by atoms with Crippen LogP contribution >= 0.6 is 0 Å². The molecule has 1 amide bonds. The minimum absolute atomic E-state index is 0.241. The van der Waals surface area contributed by atoms with Crippen LogP contribution in [0.2, 0.25) is 0 Å². The fourth-order valence-corrected chi connectivity index (χ4v) is 4.81. The first-order valence-electron chi connectivity index (χ1n) is 11.8. The lowest BCUT2D eigenvalue weighted by Crippen LogP contribution is -2.30. The second-order valence-corrected chi connectivity index (χ2v) is 9.24. The number of aromatic amines is 1. The lowest BCUT2D eigenvalue weighted by molar-refractivity contribution is -0.131. The first kappa shape index (κ1) is 20.7. The fourth-order valence-electron chi connectivity index (χ4n) is 4.81. The average Bonchev–Trinajstić information content (AvgIpc) is 3.22. The maximum Gasteiger partial charge on any atom is 0.347 e. The molecule has 2 fully saturated rings. The van der Waals surface area contributed by atoms with Crippen LogP contribution in [0.25, 0.3) is 22.5 Å². The van der Waals surface area contributed by atoms with Gasteiger partial charge in [0.25, 0.3) is 0 Å². The maximum absolute atomic E-state index is 12.6. The summed E-state index contributed by atoms with van der Waals surface area (Å²) in [6.45, 7) is 1.56. The molecule has 172 valence electrons. The molecule has 8 nitrogen and oxygen atoms in total. The van der Waals surface area contributed by atoms with Gasteiger partial charge in [-0.2, -0.15) is 10.2 Å². The van der Waals surface area contributed by atoms with Crippen LogP contribution < -0.4 is 5.69 Å². The van der Waals surface area contributed by atoms with E-state index in [1.807, 2.05) is 58.2 Å². The summed E-state index contributed by atoms with van der Waals surface area (Å²) >= 11 is 0. The van der Waals surface area contributed by atoms with Crippen LogP contribution in [0.15, 0.2) is 71.8 Å². The molecular formula is C26H26N6O2. The number of amides is 1. The van der Waals surface area contributed by atoms with E-state index in [0.717, 1.165) is 54.9 Å². The van der Waals surface area contributed by atoms with Crippen LogP contribution in [0.4, 0.5) is 0 Å². The third kappa shape index (κ3) is 3.96. The van der Waals surface area contributed by atoms with Gasteiger partial charge in [0.05, 0.1) is 11.4 Å². The largest absolute Gasteiger partial charge is 0.347 e. The van der Waals surface area contributed by atoms with Gasteiger partial charge in [0, 0.05) is 37.8 Å². The number of benzene rings is 2. The van der Waals surface area contributed by atoms with Crippen LogP contribution in [-0.2, 0) is 11.2 Å². The first-order valence-corrected chi connectivity index (χ1v) is 11.8. The summed E-state index contributed by atoms with van der Waals surface area (Å²) in [4.78, 5) is 26.9. The van der Waals surface area contributed by atoms with Gasteiger partial charge in [0.15, 0.2) is 0 Å². The number of nitrogens with zero attached hydrogens (tertiary/aromatic N) is 5. The second-order valence-electron chi connectivity index (χ2n) is 9.24. The van der Waals surface area contributed by atoms with Gasteiger partial charge in [-0.05, 0) is 66.6 Å². The highest BCUT2D eigenvalue weighted by atomic mass is 16.2. The molecule has 0 bridgehead atoms. The molecule has 2 aromatic heterocycles. The van der Waals surface area contributed by atoms with E-state index in [2.05, 4.69) is 27.4 Å². The number of H-pyrrole nitrogens is 1. The molecular weight excluding hydrogens is 428 g/mol. The molecule has 34 heavy (non-hydrogen) atoms. The van der Waals surface area contributed by atoms with Gasteiger partial charge in [0.1, 0.15) is 5.82 Å². The summed E-state index contributed by atoms with van der Waals surface area (Å²) in [6.07, 6.45) is 7.36. The van der Waals surface area contributed by atoms with Crippen molar-refractivity contribution in [2.75, 3.05) is 13.1 Å². The Morgan fingerprint density at radius 1 is 0.971 bits per heavy atom. The number of hydrogen-bond donors (Lipinski definition) is 1. The Labute approximate surface area is 196 Å². The van der Waals surface area contributed by atoms with Gasteiger partial charge >= 0.3 is 5.69 Å². The zero-order valence-electron chi connectivity index (χ0n) is 18.8. The summed E-state index contributed by atoms with van der Waals surface area (Å²) in [5.74, 6) is 1.59. The molecule has 1 atom stereocenters. The van der Waals surface area contributed by atoms with Crippen LogP contribution in [0.3, 0.4) is 0 Å². The van der Waals surface area contributed by atoms with Gasteiger partial charge in [-0.3, -0.25) is 4.79 Å². The Morgan fingerprint density at radius 2 is 1.68 bits per heavy atom. The van der Waals surface area contributed by atoms with Crippen molar-refractivity contribution in [1.29, 1.82) is 0 Å². The Bertz CT molecular complexity index is 1350. The number of carbonyl (C=O) groups excluding carboxylic acids is 1. The van der Waals surface area contributed by atoms with Crippen molar-refractivity contribution in [3.63, 3.8) is 0 Å². The maximum atomic E-state index is 12.6. The van der Waals surface area contributed by atoms with Gasteiger partial charge in [-0.25, -0.2) is 19.1 Å². The minimum atomic E-state index is -0.241. The highest BCUT2D eigenvalue weighted by Crippen LogP contribution is 2.33. The van der Waals surface area contributed by atoms with E-state index in [0.29, 0.717) is 24.1 Å². The van der Waals surface area contributed by atoms with Gasteiger partial charge < -0.3 is 4.90 Å². The molecule has 8 heteroatoms. The predicted molar refractivity (Wildman–Crippen MR) is 128 cm³/mol. The third-order valence-electron chi connectivity index (χ3n) is 6.83. The number of rotatable bonds is 6. The lowest BCUT2D eigenvalue weighted by Gasteiger charge is -2.16. The topological polar surface area (TPSA) is 88.8 Å². The first-order chi connectivity index (χ1) is 16.7. The molecule has 0 spiro atoms. The number of hydrogen-bond acceptors (Lipinski definition) is 4. The van der Waals surface area contributed by atoms with Crippen LogP contribution in [0.5, 0.6) is 0 Å². The van der Waals surface area contributed by atoms with Crippen molar-refractivity contribution >= 4 is 5.91 Å². The average molecular weight is 455 g/mol. The molecule has 2 aliphatic rings. The van der Waals surface area contributed by atoms with E-state index in [9.17, 15) is 9.59 Å². The van der Waals surface area contributed by atoms with Crippen LogP contribution in [0.1, 0.15) is 25.1 Å². The van der Waals surface area contributed by atoms with E-state index in [4.69, 9.17) is 0 Å². The second kappa shape index (κ2) is 8.44. The Hall–Kier alpha value is -3.94. The summed E-state index contributed by atoms with van der Waals surface area (Å²) < 4.78 is 3.47. The molecule has 1 saturated heterocycles. The zero-order chi connectivity index (χ0) is 23.1. The zero-order valence-corrected chi connectivity index (χ0v) is 18.8. The quantitative estimate of drug-likeness (QED) is 0.485. The van der Waals surface area contributed by atoms with Crippen molar-refractivity contribution in [2.45, 2.75) is 25.7 Å². The predicted octanol–water partition coefficient (Wildman–Crippen LogP) is 3.21. The molecule has 0 radical (unpaired) electrons.